The van der Waals surface area contributed by atoms with Crippen LogP contribution in [0.5, 0.6) is 11.5 Å². The summed E-state index contributed by atoms with van der Waals surface area (Å²) in [5.74, 6) is -0.0323. The van der Waals surface area contributed by atoms with E-state index in [9.17, 15) is 24.4 Å². The smallest absolute Gasteiger partial charge is 0.414 e. The molecule has 2 unspecified atom stereocenters. The number of amides is 4. The van der Waals surface area contributed by atoms with Crippen LogP contribution in [0.4, 0.5) is 19.2 Å². The molecule has 2 rings (SSSR count). The Kier molecular flexibility index (Phi) is 15.6. The van der Waals surface area contributed by atoms with E-state index < -0.39 is 59.2 Å². The molecule has 4 amide bonds. The summed E-state index contributed by atoms with van der Waals surface area (Å²) >= 11 is 0. The summed E-state index contributed by atoms with van der Waals surface area (Å²) in [6, 6.07) is 13.8. The van der Waals surface area contributed by atoms with E-state index in [4.69, 9.17) is 28.4 Å². The predicted molar refractivity (Wildman–Crippen MR) is 209 cm³/mol. The maximum atomic E-state index is 12.6. The number of carbonyl (C=O) groups is 4. The molecule has 306 valence electrons. The largest absolute Gasteiger partial charge is 0.469 e. The SMILES string of the molecule is CC(N=C(NC(=O)OC(C)(C)C)NC(=O)OC(C)(C)C)Oc1cc(C#N)cc(-c2ccccc2OC(C)N=C(NC(=O)OC(C)(C)C)NC(=O)OC(C)(C)C)c1. The summed E-state index contributed by atoms with van der Waals surface area (Å²) in [5, 5.41) is 19.5. The van der Waals surface area contributed by atoms with Crippen LogP contribution < -0.4 is 30.7 Å². The second-order valence-corrected chi connectivity index (χ2v) is 16.3. The summed E-state index contributed by atoms with van der Waals surface area (Å²) in [6.07, 6.45) is -5.51. The van der Waals surface area contributed by atoms with Crippen molar-refractivity contribution in [3.05, 3.63) is 48.0 Å². The van der Waals surface area contributed by atoms with Crippen LogP contribution in [0.1, 0.15) is 102 Å². The molecule has 2 aromatic carbocycles. The normalized spacial score (nSPS) is 12.6. The average Bonchev–Trinajstić information content (AvgIpc) is 2.96. The van der Waals surface area contributed by atoms with E-state index >= 15 is 0 Å². The van der Waals surface area contributed by atoms with Crippen molar-refractivity contribution < 1.29 is 47.6 Å². The molecule has 0 aromatic heterocycles. The summed E-state index contributed by atoms with van der Waals surface area (Å²) in [6.45, 7) is 23.3. The third-order valence-electron chi connectivity index (χ3n) is 5.94. The van der Waals surface area contributed by atoms with Gasteiger partial charge in [0.2, 0.25) is 11.9 Å². The van der Waals surface area contributed by atoms with E-state index in [1.807, 2.05) is 0 Å². The highest BCUT2D eigenvalue weighted by atomic mass is 16.6. The van der Waals surface area contributed by atoms with Crippen LogP contribution in [0.25, 0.3) is 11.1 Å². The van der Waals surface area contributed by atoms with Crippen LogP contribution in [-0.4, -0.2) is 71.2 Å². The molecule has 0 aliphatic carbocycles. The van der Waals surface area contributed by atoms with Crippen LogP contribution in [-0.2, 0) is 18.9 Å². The van der Waals surface area contributed by atoms with Gasteiger partial charge in [-0.1, -0.05) is 18.2 Å². The zero-order chi connectivity index (χ0) is 42.6. The van der Waals surface area contributed by atoms with Crippen molar-refractivity contribution in [3.8, 4) is 28.7 Å². The number of nitrogens with one attached hydrogen (secondary N) is 4. The highest BCUT2D eigenvalue weighted by Crippen LogP contribution is 2.34. The first-order valence-electron chi connectivity index (χ1n) is 17.7. The molecule has 0 heterocycles. The number of benzene rings is 2. The van der Waals surface area contributed by atoms with E-state index in [0.29, 0.717) is 16.9 Å². The molecule has 2 aromatic rings. The van der Waals surface area contributed by atoms with Gasteiger partial charge in [-0.05, 0) is 127 Å². The number of nitriles is 1. The topological polar surface area (TPSA) is 220 Å². The monoisotopic (exact) mass is 781 g/mol. The van der Waals surface area contributed by atoms with Crippen LogP contribution in [0.15, 0.2) is 52.4 Å². The number of ether oxygens (including phenoxy) is 6. The van der Waals surface area contributed by atoms with Gasteiger partial charge in [0.15, 0.2) is 12.5 Å². The van der Waals surface area contributed by atoms with Gasteiger partial charge in [-0.3, -0.25) is 21.3 Å². The van der Waals surface area contributed by atoms with Gasteiger partial charge in [-0.15, -0.1) is 0 Å². The molecule has 0 radical (unpaired) electrons. The Morgan fingerprint density at radius 1 is 0.589 bits per heavy atom. The lowest BCUT2D eigenvalue weighted by Gasteiger charge is -2.23. The molecular weight excluding hydrogens is 726 g/mol. The van der Waals surface area contributed by atoms with Gasteiger partial charge in [0.1, 0.15) is 33.9 Å². The number of hydrogen-bond acceptors (Lipinski definition) is 13. The van der Waals surface area contributed by atoms with Gasteiger partial charge in [0, 0.05) is 5.56 Å². The standard InChI is InChI=1S/C39H55N7O10/c1-23(41-30(43-32(47)53-36(3,4)5)44-33(48)54-37(6,7)8)51-27-20-25(22-40)19-26(21-27)28-17-15-16-18-29(28)52-24(2)42-31(45-34(49)55-38(9,10)11)46-35(50)56-39(12,13)14/h15-21,23-24H,1-14H3,(H2,41,43,44,47,48)(H2,42,45,46,49,50). The number of nitrogens with zero attached hydrogens (tertiary/aromatic N) is 3. The van der Waals surface area contributed by atoms with E-state index in [-0.39, 0.29) is 23.2 Å². The van der Waals surface area contributed by atoms with Gasteiger partial charge < -0.3 is 28.4 Å². The van der Waals surface area contributed by atoms with Crippen molar-refractivity contribution in [1.29, 1.82) is 5.26 Å². The van der Waals surface area contributed by atoms with Crippen molar-refractivity contribution >= 4 is 36.3 Å². The zero-order valence-electron chi connectivity index (χ0n) is 34.6. The molecule has 0 bridgehead atoms. The molecule has 0 spiro atoms. The van der Waals surface area contributed by atoms with Crippen molar-refractivity contribution in [2.24, 2.45) is 9.98 Å². The lowest BCUT2D eigenvalue weighted by Crippen LogP contribution is -2.47. The van der Waals surface area contributed by atoms with Gasteiger partial charge in [-0.25, -0.2) is 29.2 Å². The van der Waals surface area contributed by atoms with Crippen molar-refractivity contribution in [2.45, 2.75) is 132 Å². The van der Waals surface area contributed by atoms with E-state index in [0.717, 1.165) is 0 Å². The third-order valence-corrected chi connectivity index (χ3v) is 5.94. The zero-order valence-corrected chi connectivity index (χ0v) is 34.6. The quantitative estimate of drug-likeness (QED) is 0.122. The van der Waals surface area contributed by atoms with E-state index in [1.165, 1.54) is 6.07 Å². The van der Waals surface area contributed by atoms with Crippen molar-refractivity contribution in [3.63, 3.8) is 0 Å². The molecule has 17 heteroatoms. The Labute approximate surface area is 328 Å². The van der Waals surface area contributed by atoms with Crippen LogP contribution >= 0.6 is 0 Å². The van der Waals surface area contributed by atoms with Gasteiger partial charge in [0.25, 0.3) is 0 Å². The molecule has 0 aliphatic heterocycles. The Morgan fingerprint density at radius 3 is 1.34 bits per heavy atom. The third kappa shape index (κ3) is 18.8. The van der Waals surface area contributed by atoms with Crippen LogP contribution in [0.3, 0.4) is 0 Å². The van der Waals surface area contributed by atoms with Crippen molar-refractivity contribution in [2.75, 3.05) is 0 Å². The minimum Gasteiger partial charge on any atom is -0.469 e. The first kappa shape index (κ1) is 46.1. The van der Waals surface area contributed by atoms with Crippen LogP contribution in [0, 0.1) is 11.3 Å². The first-order chi connectivity index (χ1) is 25.6. The number of rotatable bonds is 7. The highest BCUT2D eigenvalue weighted by Gasteiger charge is 2.24. The molecule has 4 N–H and O–H groups in total. The molecular formula is C39H55N7O10. The molecule has 17 nitrogen and oxygen atoms in total. The molecule has 2 atom stereocenters. The number of alkyl carbamates (subject to hydrolysis) is 4. The van der Waals surface area contributed by atoms with Gasteiger partial charge >= 0.3 is 24.4 Å². The number of para-hydroxylation sites is 1. The lowest BCUT2D eigenvalue weighted by molar-refractivity contribution is 0.0519. The minimum atomic E-state index is -1.02. The number of carbonyl (C=O) groups excluding carboxylic acids is 4. The Hall–Kier alpha value is -6.05. The Morgan fingerprint density at radius 2 is 0.964 bits per heavy atom. The number of hydrogen-bond donors (Lipinski definition) is 4. The summed E-state index contributed by atoms with van der Waals surface area (Å²) in [5.41, 5.74) is -2.05. The molecule has 56 heavy (non-hydrogen) atoms. The first-order valence-corrected chi connectivity index (χ1v) is 17.7. The molecule has 0 saturated heterocycles. The summed E-state index contributed by atoms with van der Waals surface area (Å²) in [4.78, 5) is 59.0. The van der Waals surface area contributed by atoms with E-state index in [2.05, 4.69) is 37.3 Å². The molecule has 0 fully saturated rings. The number of guanidine groups is 2. The highest BCUT2D eigenvalue weighted by molar-refractivity contribution is 6.02. The second kappa shape index (κ2) is 19.0. The molecule has 0 aliphatic rings. The van der Waals surface area contributed by atoms with Gasteiger partial charge in [0.05, 0.1) is 11.6 Å². The fourth-order valence-electron chi connectivity index (χ4n) is 4.28. The predicted octanol–water partition coefficient (Wildman–Crippen LogP) is 7.49. The fourth-order valence-corrected chi connectivity index (χ4v) is 4.28. The Bertz CT molecular complexity index is 1760. The van der Waals surface area contributed by atoms with Crippen LogP contribution in [0.2, 0.25) is 0 Å². The average molecular weight is 782 g/mol. The van der Waals surface area contributed by atoms with E-state index in [1.54, 1.807) is 133 Å². The summed E-state index contributed by atoms with van der Waals surface area (Å²) in [7, 11) is 0. The fraction of sp³-hybridized carbons (Fsp3) is 0.513. The Balaban J connectivity index is 2.45. The maximum Gasteiger partial charge on any atom is 0.414 e. The summed E-state index contributed by atoms with van der Waals surface area (Å²) < 4.78 is 33.5. The minimum absolute atomic E-state index is 0.218. The maximum absolute atomic E-state index is 12.6. The molecule has 0 saturated carbocycles. The lowest BCUT2D eigenvalue weighted by atomic mass is 10.0. The van der Waals surface area contributed by atoms with Gasteiger partial charge in [-0.2, -0.15) is 5.26 Å². The van der Waals surface area contributed by atoms with Crippen molar-refractivity contribution in [1.82, 2.24) is 21.3 Å². The number of aliphatic imine (C=N–C) groups is 2. The second-order valence-electron chi connectivity index (χ2n) is 16.3.